The van der Waals surface area contributed by atoms with Gasteiger partial charge >= 0.3 is 0 Å². The first-order valence-corrected chi connectivity index (χ1v) is 10.1. The number of rotatable bonds is 10. The second kappa shape index (κ2) is 8.58. The van der Waals surface area contributed by atoms with Crippen LogP contribution in [0.1, 0.15) is 0 Å². The number of alkyl halides is 2. The van der Waals surface area contributed by atoms with Gasteiger partial charge in [-0.25, -0.2) is 16.8 Å². The first-order valence-electron chi connectivity index (χ1n) is 5.44. The maximum absolute atomic E-state index is 11.4. The SMILES string of the molecule is CN(CCS(=O)(=O)CCCl)CCS(=O)(=O)CCCl. The lowest BCUT2D eigenvalue weighted by Gasteiger charge is -2.16. The summed E-state index contributed by atoms with van der Waals surface area (Å²) in [7, 11) is -4.58. The Hall–Kier alpha value is 0.440. The summed E-state index contributed by atoms with van der Waals surface area (Å²) in [5.74, 6) is 0.0454. The molecular formula is C9H19Cl2NO4S2. The fourth-order valence-corrected chi connectivity index (χ4v) is 4.61. The molecule has 0 unspecified atom stereocenters. The van der Waals surface area contributed by atoms with Gasteiger partial charge in [0.2, 0.25) is 0 Å². The molecule has 0 aliphatic carbocycles. The molecule has 18 heavy (non-hydrogen) atoms. The molecule has 0 atom stereocenters. The summed E-state index contributed by atoms with van der Waals surface area (Å²) < 4.78 is 45.6. The van der Waals surface area contributed by atoms with E-state index in [0.717, 1.165) is 0 Å². The molecule has 0 bridgehead atoms. The van der Waals surface area contributed by atoms with Crippen LogP contribution in [0.4, 0.5) is 0 Å². The van der Waals surface area contributed by atoms with E-state index in [4.69, 9.17) is 23.2 Å². The van der Waals surface area contributed by atoms with Crippen molar-refractivity contribution in [1.29, 1.82) is 0 Å². The minimum absolute atomic E-state index is 0.00816. The van der Waals surface area contributed by atoms with Crippen LogP contribution in [0.5, 0.6) is 0 Å². The molecule has 0 amide bonds. The zero-order chi connectivity index (χ0) is 14.2. The monoisotopic (exact) mass is 339 g/mol. The predicted molar refractivity (Wildman–Crippen MR) is 76.2 cm³/mol. The smallest absolute Gasteiger partial charge is 0.152 e. The average Bonchev–Trinajstić information content (AvgIpc) is 2.24. The lowest BCUT2D eigenvalue weighted by atomic mass is 10.6. The molecule has 0 saturated heterocycles. The average molecular weight is 340 g/mol. The minimum atomic E-state index is -3.13. The highest BCUT2D eigenvalue weighted by Crippen LogP contribution is 1.97. The molecule has 110 valence electrons. The number of sulfone groups is 2. The number of hydrogen-bond donors (Lipinski definition) is 0. The van der Waals surface area contributed by atoms with E-state index in [9.17, 15) is 16.8 Å². The van der Waals surface area contributed by atoms with E-state index in [1.807, 2.05) is 0 Å². The zero-order valence-electron chi connectivity index (χ0n) is 10.3. The Bertz CT molecular complexity index is 382. The van der Waals surface area contributed by atoms with Gasteiger partial charge in [-0.05, 0) is 7.05 Å². The molecule has 0 rings (SSSR count). The predicted octanol–water partition coefficient (Wildman–Crippen LogP) is 0.225. The summed E-state index contributed by atoms with van der Waals surface area (Å²) in [5.41, 5.74) is 0. The van der Waals surface area contributed by atoms with Crippen molar-refractivity contribution in [3.8, 4) is 0 Å². The van der Waals surface area contributed by atoms with E-state index >= 15 is 0 Å². The molecule has 0 aromatic carbocycles. The van der Waals surface area contributed by atoms with Crippen LogP contribution in [-0.4, -0.2) is 76.6 Å². The summed E-state index contributed by atoms with van der Waals surface area (Å²) in [6.45, 7) is 0.602. The Kier molecular flexibility index (Phi) is 8.79. The highest BCUT2D eigenvalue weighted by atomic mass is 35.5. The number of halogens is 2. The molecule has 9 heteroatoms. The molecule has 0 aromatic rings. The van der Waals surface area contributed by atoms with Crippen LogP contribution < -0.4 is 0 Å². The zero-order valence-corrected chi connectivity index (χ0v) is 13.5. The molecule has 0 radical (unpaired) electrons. The molecule has 0 heterocycles. The second-order valence-corrected chi connectivity index (χ2v) is 9.35. The van der Waals surface area contributed by atoms with Gasteiger partial charge in [0, 0.05) is 24.8 Å². The van der Waals surface area contributed by atoms with E-state index in [0.29, 0.717) is 13.1 Å². The van der Waals surface area contributed by atoms with Gasteiger partial charge in [-0.15, -0.1) is 23.2 Å². The number of nitrogens with zero attached hydrogens (tertiary/aromatic N) is 1. The summed E-state index contributed by atoms with van der Waals surface area (Å²) in [4.78, 5) is 1.68. The molecule has 0 aromatic heterocycles. The Morgan fingerprint density at radius 3 is 1.39 bits per heavy atom. The molecule has 0 aliphatic heterocycles. The van der Waals surface area contributed by atoms with Gasteiger partial charge in [-0.3, -0.25) is 0 Å². The topological polar surface area (TPSA) is 71.5 Å². The third kappa shape index (κ3) is 9.38. The van der Waals surface area contributed by atoms with E-state index in [2.05, 4.69) is 0 Å². The van der Waals surface area contributed by atoms with E-state index in [1.165, 1.54) is 0 Å². The normalized spacial score (nSPS) is 13.1. The molecular weight excluding hydrogens is 321 g/mol. The lowest BCUT2D eigenvalue weighted by molar-refractivity contribution is 0.373. The summed E-state index contributed by atoms with van der Waals surface area (Å²) in [5, 5.41) is 0. The molecule has 0 saturated carbocycles. The quantitative estimate of drug-likeness (QED) is 0.532. The molecule has 0 aliphatic rings. The second-order valence-electron chi connectivity index (χ2n) is 3.98. The van der Waals surface area contributed by atoms with Crippen molar-refractivity contribution in [2.75, 3.05) is 54.9 Å². The molecule has 0 spiro atoms. The Morgan fingerprint density at radius 2 is 1.11 bits per heavy atom. The van der Waals surface area contributed by atoms with Crippen molar-refractivity contribution in [2.45, 2.75) is 0 Å². The highest BCUT2D eigenvalue weighted by Gasteiger charge is 2.14. The van der Waals surface area contributed by atoms with E-state index < -0.39 is 19.7 Å². The van der Waals surface area contributed by atoms with Gasteiger partial charge in [0.1, 0.15) is 0 Å². The highest BCUT2D eigenvalue weighted by molar-refractivity contribution is 7.91. The third-order valence-corrected chi connectivity index (χ3v) is 6.43. The van der Waals surface area contributed by atoms with Crippen LogP contribution in [-0.2, 0) is 19.7 Å². The van der Waals surface area contributed by atoms with Crippen LogP contribution in [0.15, 0.2) is 0 Å². The largest absolute Gasteiger partial charge is 0.304 e. The van der Waals surface area contributed by atoms with Crippen LogP contribution in [0, 0.1) is 0 Å². The van der Waals surface area contributed by atoms with Gasteiger partial charge in [0.15, 0.2) is 19.7 Å². The van der Waals surface area contributed by atoms with Crippen molar-refractivity contribution in [2.24, 2.45) is 0 Å². The summed E-state index contributed by atoms with van der Waals surface area (Å²) in [6, 6.07) is 0. The standard InChI is InChI=1S/C9H19Cl2NO4S2/c1-12(4-8-17(13,14)6-2-10)5-9-18(15,16)7-3-11/h2-9H2,1H3. The van der Waals surface area contributed by atoms with E-state index in [-0.39, 0.29) is 34.8 Å². The Balaban J connectivity index is 4.03. The van der Waals surface area contributed by atoms with Gasteiger partial charge in [-0.1, -0.05) is 0 Å². The van der Waals surface area contributed by atoms with Crippen molar-refractivity contribution >= 4 is 42.9 Å². The van der Waals surface area contributed by atoms with E-state index in [1.54, 1.807) is 11.9 Å². The number of hydrogen-bond acceptors (Lipinski definition) is 5. The Labute approximate surface area is 119 Å². The van der Waals surface area contributed by atoms with Crippen LogP contribution in [0.25, 0.3) is 0 Å². The van der Waals surface area contributed by atoms with Crippen molar-refractivity contribution in [3.63, 3.8) is 0 Å². The maximum Gasteiger partial charge on any atom is 0.152 e. The van der Waals surface area contributed by atoms with Crippen molar-refractivity contribution in [1.82, 2.24) is 4.90 Å². The lowest BCUT2D eigenvalue weighted by Crippen LogP contribution is -2.31. The van der Waals surface area contributed by atoms with Crippen LogP contribution in [0.3, 0.4) is 0 Å². The van der Waals surface area contributed by atoms with Gasteiger partial charge in [0.05, 0.1) is 23.0 Å². The minimum Gasteiger partial charge on any atom is -0.304 e. The van der Waals surface area contributed by atoms with Gasteiger partial charge in [0.25, 0.3) is 0 Å². The summed E-state index contributed by atoms with van der Waals surface area (Å²) >= 11 is 10.7. The molecule has 5 nitrogen and oxygen atoms in total. The van der Waals surface area contributed by atoms with Crippen molar-refractivity contribution < 1.29 is 16.8 Å². The van der Waals surface area contributed by atoms with Crippen LogP contribution >= 0.6 is 23.2 Å². The molecule has 0 N–H and O–H groups in total. The Morgan fingerprint density at radius 1 is 0.778 bits per heavy atom. The maximum atomic E-state index is 11.4. The van der Waals surface area contributed by atoms with Gasteiger partial charge in [-0.2, -0.15) is 0 Å². The van der Waals surface area contributed by atoms with Crippen LogP contribution in [0.2, 0.25) is 0 Å². The fraction of sp³-hybridized carbons (Fsp3) is 1.00. The first kappa shape index (κ1) is 18.4. The fourth-order valence-electron chi connectivity index (χ4n) is 1.14. The summed E-state index contributed by atoms with van der Waals surface area (Å²) in [6.07, 6.45) is 0. The van der Waals surface area contributed by atoms with Gasteiger partial charge < -0.3 is 4.90 Å². The molecule has 0 fully saturated rings. The third-order valence-electron chi connectivity index (χ3n) is 2.34. The first-order chi connectivity index (χ1) is 8.22. The van der Waals surface area contributed by atoms with Crippen molar-refractivity contribution in [3.05, 3.63) is 0 Å².